The average molecular weight is 300 g/mol. The number of furan rings is 1. The second kappa shape index (κ2) is 4.84. The Morgan fingerprint density at radius 2 is 2.44 bits per heavy atom. The Morgan fingerprint density at radius 1 is 1.62 bits per heavy atom. The second-order valence-corrected chi connectivity index (χ2v) is 5.18. The summed E-state index contributed by atoms with van der Waals surface area (Å²) < 4.78 is 6.11. The molecule has 0 aromatic carbocycles. The van der Waals surface area contributed by atoms with Crippen LogP contribution in [0.3, 0.4) is 0 Å². The van der Waals surface area contributed by atoms with Crippen molar-refractivity contribution in [1.82, 2.24) is 5.32 Å². The molecular weight excluding hydrogens is 290 g/mol. The maximum atomic E-state index is 11.7. The minimum Gasteiger partial charge on any atom is -0.469 e. The number of amides is 1. The number of aryl methyl sites for hydroxylation is 1. The third-order valence-electron chi connectivity index (χ3n) is 2.09. The Kier molecular flexibility index (Phi) is 3.46. The zero-order valence-corrected chi connectivity index (χ0v) is 11.0. The molecule has 84 valence electrons. The van der Waals surface area contributed by atoms with Gasteiger partial charge in [0.15, 0.2) is 0 Å². The normalized spacial score (nSPS) is 10.4. The minimum absolute atomic E-state index is 0.114. The molecule has 0 bridgehead atoms. The Balaban J connectivity index is 1.96. The molecule has 0 saturated heterocycles. The summed E-state index contributed by atoms with van der Waals surface area (Å²) in [7, 11) is 0. The van der Waals surface area contributed by atoms with Gasteiger partial charge in [-0.1, -0.05) is 0 Å². The van der Waals surface area contributed by atoms with E-state index in [-0.39, 0.29) is 5.91 Å². The number of hydrogen-bond donors (Lipinski definition) is 1. The van der Waals surface area contributed by atoms with Crippen LogP contribution in [0.5, 0.6) is 0 Å². The van der Waals surface area contributed by atoms with Crippen LogP contribution >= 0.6 is 27.3 Å². The fraction of sp³-hybridized carbons (Fsp3) is 0.182. The second-order valence-electron chi connectivity index (χ2n) is 3.32. The van der Waals surface area contributed by atoms with E-state index < -0.39 is 0 Å². The fourth-order valence-corrected chi connectivity index (χ4v) is 2.71. The molecule has 0 radical (unpaired) electrons. The Hall–Kier alpha value is -1.07. The van der Waals surface area contributed by atoms with Gasteiger partial charge in [-0.2, -0.15) is 0 Å². The summed E-state index contributed by atoms with van der Waals surface area (Å²) in [6.45, 7) is 2.34. The predicted molar refractivity (Wildman–Crippen MR) is 66.6 cm³/mol. The van der Waals surface area contributed by atoms with Crippen LogP contribution in [-0.4, -0.2) is 5.91 Å². The molecule has 1 N–H and O–H groups in total. The van der Waals surface area contributed by atoms with Crippen LogP contribution in [-0.2, 0) is 6.54 Å². The van der Waals surface area contributed by atoms with E-state index in [4.69, 9.17) is 4.42 Å². The summed E-state index contributed by atoms with van der Waals surface area (Å²) >= 11 is 5.02. The van der Waals surface area contributed by atoms with E-state index in [0.29, 0.717) is 12.1 Å². The van der Waals surface area contributed by atoms with Crippen molar-refractivity contribution < 1.29 is 9.21 Å². The zero-order chi connectivity index (χ0) is 11.5. The molecule has 16 heavy (non-hydrogen) atoms. The van der Waals surface area contributed by atoms with Crippen LogP contribution in [0, 0.1) is 6.92 Å². The Morgan fingerprint density at radius 3 is 3.00 bits per heavy atom. The summed E-state index contributed by atoms with van der Waals surface area (Å²) in [5.41, 5.74) is 0.560. The van der Waals surface area contributed by atoms with E-state index in [9.17, 15) is 4.79 Å². The molecule has 2 rings (SSSR count). The summed E-state index contributed by atoms with van der Waals surface area (Å²) in [6.07, 6.45) is 1.47. The first-order valence-corrected chi connectivity index (χ1v) is 6.39. The molecule has 0 atom stereocenters. The summed E-state index contributed by atoms with van der Waals surface area (Å²) in [5, 5.41) is 4.82. The molecule has 0 aliphatic carbocycles. The monoisotopic (exact) mass is 299 g/mol. The van der Waals surface area contributed by atoms with Crippen molar-refractivity contribution in [2.24, 2.45) is 0 Å². The van der Waals surface area contributed by atoms with Crippen molar-refractivity contribution in [2.75, 3.05) is 0 Å². The highest BCUT2D eigenvalue weighted by Gasteiger charge is 2.09. The summed E-state index contributed by atoms with van der Waals surface area (Å²) in [4.78, 5) is 12.8. The van der Waals surface area contributed by atoms with Gasteiger partial charge in [0.05, 0.1) is 12.1 Å². The van der Waals surface area contributed by atoms with Crippen LogP contribution in [0.1, 0.15) is 21.0 Å². The average Bonchev–Trinajstić information content (AvgIpc) is 2.84. The van der Waals surface area contributed by atoms with Gasteiger partial charge in [-0.15, -0.1) is 11.3 Å². The fourth-order valence-electron chi connectivity index (χ4n) is 1.28. The quantitative estimate of drug-likeness (QED) is 0.944. The number of carbonyl (C=O) groups excluding carboxylic acids is 1. The maximum Gasteiger partial charge on any atom is 0.254 e. The topological polar surface area (TPSA) is 42.2 Å². The molecule has 0 unspecified atom stereocenters. The zero-order valence-electron chi connectivity index (χ0n) is 8.62. The molecule has 2 aromatic rings. The van der Waals surface area contributed by atoms with Crippen molar-refractivity contribution in [3.63, 3.8) is 0 Å². The van der Waals surface area contributed by atoms with Gasteiger partial charge in [0, 0.05) is 9.35 Å². The van der Waals surface area contributed by atoms with Crippen molar-refractivity contribution in [3.8, 4) is 0 Å². The van der Waals surface area contributed by atoms with Gasteiger partial charge in [-0.05, 0) is 40.4 Å². The van der Waals surface area contributed by atoms with Crippen molar-refractivity contribution in [2.45, 2.75) is 13.5 Å². The van der Waals surface area contributed by atoms with Crippen LogP contribution < -0.4 is 5.32 Å². The first-order valence-electron chi connectivity index (χ1n) is 4.72. The first kappa shape index (κ1) is 11.4. The van der Waals surface area contributed by atoms with Gasteiger partial charge < -0.3 is 9.73 Å². The number of hydrogen-bond acceptors (Lipinski definition) is 3. The smallest absolute Gasteiger partial charge is 0.254 e. The molecular formula is C11H10BrNO2S. The van der Waals surface area contributed by atoms with Gasteiger partial charge >= 0.3 is 0 Å². The molecule has 0 aliphatic rings. The highest BCUT2D eigenvalue weighted by molar-refractivity contribution is 9.10. The number of carbonyl (C=O) groups is 1. The molecule has 2 heterocycles. The van der Waals surface area contributed by atoms with Crippen LogP contribution in [0.2, 0.25) is 0 Å². The van der Waals surface area contributed by atoms with Crippen LogP contribution in [0.15, 0.2) is 32.7 Å². The van der Waals surface area contributed by atoms with Crippen molar-refractivity contribution in [1.29, 1.82) is 0 Å². The van der Waals surface area contributed by atoms with Gasteiger partial charge in [0.1, 0.15) is 12.0 Å². The number of rotatable bonds is 3. The highest BCUT2D eigenvalue weighted by Crippen LogP contribution is 2.22. The van der Waals surface area contributed by atoms with Crippen molar-refractivity contribution >= 4 is 33.2 Å². The molecule has 0 saturated carbocycles. The van der Waals surface area contributed by atoms with Gasteiger partial charge in [-0.3, -0.25) is 4.79 Å². The Labute approximate surface area is 106 Å². The van der Waals surface area contributed by atoms with Gasteiger partial charge in [0.2, 0.25) is 0 Å². The van der Waals surface area contributed by atoms with E-state index in [1.807, 2.05) is 18.4 Å². The van der Waals surface area contributed by atoms with Crippen LogP contribution in [0.4, 0.5) is 0 Å². The van der Waals surface area contributed by atoms with E-state index >= 15 is 0 Å². The van der Waals surface area contributed by atoms with E-state index in [1.165, 1.54) is 6.26 Å². The predicted octanol–water partition coefficient (Wildman–Crippen LogP) is 3.34. The van der Waals surface area contributed by atoms with E-state index in [0.717, 1.165) is 15.1 Å². The first-order chi connectivity index (χ1) is 7.66. The lowest BCUT2D eigenvalue weighted by Crippen LogP contribution is -2.21. The Bertz CT molecular complexity index is 504. The van der Waals surface area contributed by atoms with E-state index in [1.54, 1.807) is 17.4 Å². The lowest BCUT2D eigenvalue weighted by atomic mass is 10.3. The molecule has 0 spiro atoms. The number of thiophene rings is 1. The molecule has 0 aliphatic heterocycles. The molecule has 2 aromatic heterocycles. The number of halogens is 1. The van der Waals surface area contributed by atoms with Crippen molar-refractivity contribution in [3.05, 3.63) is 44.4 Å². The maximum absolute atomic E-state index is 11.7. The van der Waals surface area contributed by atoms with Gasteiger partial charge in [-0.25, -0.2) is 0 Å². The SMILES string of the molecule is Cc1cc(C(=O)NCc2sccc2Br)co1. The van der Waals surface area contributed by atoms with E-state index in [2.05, 4.69) is 21.2 Å². The number of nitrogens with one attached hydrogen (secondary N) is 1. The summed E-state index contributed by atoms with van der Waals surface area (Å²) in [5.74, 6) is 0.625. The van der Waals surface area contributed by atoms with Gasteiger partial charge in [0.25, 0.3) is 5.91 Å². The standard InChI is InChI=1S/C11H10BrNO2S/c1-7-4-8(6-15-7)11(14)13-5-10-9(12)2-3-16-10/h2-4,6H,5H2,1H3,(H,13,14). The molecule has 5 heteroatoms. The largest absolute Gasteiger partial charge is 0.469 e. The highest BCUT2D eigenvalue weighted by atomic mass is 79.9. The molecule has 0 fully saturated rings. The molecule has 1 amide bonds. The summed E-state index contributed by atoms with van der Waals surface area (Å²) in [6, 6.07) is 3.69. The third kappa shape index (κ3) is 2.54. The molecule has 3 nitrogen and oxygen atoms in total. The lowest BCUT2D eigenvalue weighted by Gasteiger charge is -2.01. The lowest BCUT2D eigenvalue weighted by molar-refractivity contribution is 0.0950. The minimum atomic E-state index is -0.114. The third-order valence-corrected chi connectivity index (χ3v) is 4.02. The van der Waals surface area contributed by atoms with Crippen LogP contribution in [0.25, 0.3) is 0 Å².